The zero-order chi connectivity index (χ0) is 15.2. The van der Waals surface area contributed by atoms with E-state index in [1.54, 1.807) is 17.4 Å². The first-order valence-corrected chi connectivity index (χ1v) is 8.89. The minimum Gasteiger partial charge on any atom is -0.312 e. The van der Waals surface area contributed by atoms with Gasteiger partial charge in [-0.15, -0.1) is 11.3 Å². The molecule has 1 saturated carbocycles. The summed E-state index contributed by atoms with van der Waals surface area (Å²) in [5.41, 5.74) is -0.460. The van der Waals surface area contributed by atoms with Crippen molar-refractivity contribution < 1.29 is 9.18 Å². The van der Waals surface area contributed by atoms with E-state index in [4.69, 9.17) is 0 Å². The predicted molar refractivity (Wildman–Crippen MR) is 86.8 cm³/mol. The third-order valence-electron chi connectivity index (χ3n) is 4.87. The van der Waals surface area contributed by atoms with Gasteiger partial charge in [-0.25, -0.2) is 4.39 Å². The summed E-state index contributed by atoms with van der Waals surface area (Å²) in [6.45, 7) is 1.93. The van der Waals surface area contributed by atoms with E-state index in [9.17, 15) is 4.79 Å². The molecule has 2 aliphatic carbocycles. The first kappa shape index (κ1) is 14.3. The van der Waals surface area contributed by atoms with Gasteiger partial charge in [-0.05, 0) is 43.4 Å². The normalized spacial score (nSPS) is 30.3. The van der Waals surface area contributed by atoms with Gasteiger partial charge in [0.05, 0.1) is 0 Å². The Labute approximate surface area is 134 Å². The van der Waals surface area contributed by atoms with Gasteiger partial charge in [0.2, 0.25) is 0 Å². The topological polar surface area (TPSA) is 29.1 Å². The van der Waals surface area contributed by atoms with Crippen molar-refractivity contribution in [3.63, 3.8) is 0 Å². The molecule has 1 aromatic rings. The number of carbonyl (C=O) groups excluding carboxylic acids is 1. The number of rotatable bonds is 4. The standard InChI is InChI=1S/C18H20FNOS/c19-18(17(21)12-4-5-12)7-2-1-3-14(18)10-15-9-13-11-20-8-6-16(13)22-15/h1-3,7,9,12,14,20H,4-6,8,10-11H2. The highest BCUT2D eigenvalue weighted by Crippen LogP contribution is 2.42. The van der Waals surface area contributed by atoms with Crippen molar-refractivity contribution in [3.05, 3.63) is 45.7 Å². The van der Waals surface area contributed by atoms with Gasteiger partial charge in [0.15, 0.2) is 11.5 Å². The Balaban J connectivity index is 1.57. The number of halogens is 1. The molecule has 2 unspecified atom stereocenters. The van der Waals surface area contributed by atoms with Crippen LogP contribution in [0.4, 0.5) is 4.39 Å². The van der Waals surface area contributed by atoms with Crippen molar-refractivity contribution >= 4 is 17.1 Å². The van der Waals surface area contributed by atoms with Crippen LogP contribution >= 0.6 is 11.3 Å². The van der Waals surface area contributed by atoms with E-state index in [-0.39, 0.29) is 17.6 Å². The smallest absolute Gasteiger partial charge is 0.194 e. The zero-order valence-electron chi connectivity index (χ0n) is 12.5. The van der Waals surface area contributed by atoms with Crippen LogP contribution in [0.2, 0.25) is 0 Å². The highest BCUT2D eigenvalue weighted by atomic mass is 32.1. The lowest BCUT2D eigenvalue weighted by atomic mass is 9.78. The van der Waals surface area contributed by atoms with E-state index in [1.165, 1.54) is 21.4 Å². The highest BCUT2D eigenvalue weighted by molar-refractivity contribution is 7.12. The molecule has 2 heterocycles. The fourth-order valence-corrected chi connectivity index (χ4v) is 4.68. The molecule has 1 N–H and O–H groups in total. The van der Waals surface area contributed by atoms with E-state index >= 15 is 4.39 Å². The molecular formula is C18H20FNOS. The zero-order valence-corrected chi connectivity index (χ0v) is 13.3. The van der Waals surface area contributed by atoms with E-state index in [0.29, 0.717) is 6.42 Å². The Bertz CT molecular complexity index is 635. The number of fused-ring (bicyclic) bond motifs is 1. The van der Waals surface area contributed by atoms with Gasteiger partial charge in [-0.2, -0.15) is 0 Å². The van der Waals surface area contributed by atoms with Crippen LogP contribution in [0.3, 0.4) is 0 Å². The summed E-state index contributed by atoms with van der Waals surface area (Å²) in [5.74, 6) is -0.621. The largest absolute Gasteiger partial charge is 0.312 e. The van der Waals surface area contributed by atoms with Crippen LogP contribution < -0.4 is 5.32 Å². The summed E-state index contributed by atoms with van der Waals surface area (Å²) >= 11 is 1.79. The van der Waals surface area contributed by atoms with Crippen LogP contribution in [0.25, 0.3) is 0 Å². The van der Waals surface area contributed by atoms with Crippen molar-refractivity contribution in [3.8, 4) is 0 Å². The average molecular weight is 317 g/mol. The second-order valence-electron chi connectivity index (χ2n) is 6.55. The second kappa shape index (κ2) is 5.43. The van der Waals surface area contributed by atoms with Crippen molar-refractivity contribution in [1.29, 1.82) is 0 Å². The van der Waals surface area contributed by atoms with Gasteiger partial charge >= 0.3 is 0 Å². The summed E-state index contributed by atoms with van der Waals surface area (Å²) < 4.78 is 15.4. The fraction of sp³-hybridized carbons (Fsp3) is 0.500. The molecular weight excluding hydrogens is 297 g/mol. The molecule has 0 radical (unpaired) electrons. The number of alkyl halides is 1. The van der Waals surface area contributed by atoms with Gasteiger partial charge < -0.3 is 5.32 Å². The lowest BCUT2D eigenvalue weighted by Crippen LogP contribution is -2.42. The van der Waals surface area contributed by atoms with Crippen molar-refractivity contribution in [1.82, 2.24) is 5.32 Å². The third kappa shape index (κ3) is 2.48. The summed E-state index contributed by atoms with van der Waals surface area (Å²) in [5, 5.41) is 3.37. The number of allylic oxidation sites excluding steroid dienone is 4. The number of carbonyl (C=O) groups is 1. The van der Waals surface area contributed by atoms with Crippen molar-refractivity contribution in [2.45, 2.75) is 37.9 Å². The van der Waals surface area contributed by atoms with Crippen molar-refractivity contribution in [2.75, 3.05) is 6.54 Å². The minimum atomic E-state index is -1.81. The van der Waals surface area contributed by atoms with Crippen LogP contribution in [0.5, 0.6) is 0 Å². The number of hydrogen-bond acceptors (Lipinski definition) is 3. The molecule has 1 aliphatic heterocycles. The van der Waals surface area contributed by atoms with E-state index in [2.05, 4.69) is 11.4 Å². The maximum Gasteiger partial charge on any atom is 0.194 e. The molecule has 0 aromatic carbocycles. The van der Waals surface area contributed by atoms with Gasteiger partial charge in [-0.3, -0.25) is 4.79 Å². The summed E-state index contributed by atoms with van der Waals surface area (Å²) in [6, 6.07) is 2.19. The SMILES string of the molecule is O=C(C1CC1)C1(F)C=CC=CC1Cc1cc2c(s1)CCNC2. The van der Waals surface area contributed by atoms with E-state index in [1.807, 2.05) is 12.2 Å². The Morgan fingerprint density at radius 2 is 2.27 bits per heavy atom. The van der Waals surface area contributed by atoms with E-state index in [0.717, 1.165) is 32.4 Å². The minimum absolute atomic E-state index is 0.0515. The Hall–Kier alpha value is -1.26. The summed E-state index contributed by atoms with van der Waals surface area (Å²) in [6.07, 6.45) is 10.3. The van der Waals surface area contributed by atoms with Gasteiger partial charge in [0.1, 0.15) is 0 Å². The van der Waals surface area contributed by atoms with Gasteiger partial charge in [0, 0.05) is 34.7 Å². The molecule has 3 aliphatic rings. The molecule has 1 aromatic heterocycles. The quantitative estimate of drug-likeness (QED) is 0.922. The van der Waals surface area contributed by atoms with E-state index < -0.39 is 5.67 Å². The third-order valence-corrected chi connectivity index (χ3v) is 6.13. The van der Waals surface area contributed by atoms with Crippen LogP contribution in [0.1, 0.15) is 28.2 Å². The lowest BCUT2D eigenvalue weighted by molar-refractivity contribution is -0.131. The molecule has 116 valence electrons. The van der Waals surface area contributed by atoms with Crippen LogP contribution in [-0.2, 0) is 24.2 Å². The first-order valence-electron chi connectivity index (χ1n) is 8.07. The molecule has 4 heteroatoms. The Morgan fingerprint density at radius 3 is 3.05 bits per heavy atom. The molecule has 0 saturated heterocycles. The fourth-order valence-electron chi connectivity index (χ4n) is 3.43. The maximum absolute atomic E-state index is 15.4. The van der Waals surface area contributed by atoms with Gasteiger partial charge in [0.25, 0.3) is 0 Å². The first-order chi connectivity index (χ1) is 10.7. The number of hydrogen-bond donors (Lipinski definition) is 1. The molecule has 0 bridgehead atoms. The van der Waals surface area contributed by atoms with Crippen LogP contribution in [0, 0.1) is 11.8 Å². The molecule has 2 nitrogen and oxygen atoms in total. The second-order valence-corrected chi connectivity index (χ2v) is 7.77. The lowest BCUT2D eigenvalue weighted by Gasteiger charge is -2.29. The Morgan fingerprint density at radius 1 is 1.41 bits per heavy atom. The molecule has 0 spiro atoms. The van der Waals surface area contributed by atoms with Crippen LogP contribution in [0.15, 0.2) is 30.4 Å². The monoisotopic (exact) mass is 317 g/mol. The number of thiophene rings is 1. The number of nitrogens with one attached hydrogen (secondary N) is 1. The molecule has 0 amide bonds. The number of Topliss-reactive ketones (excluding diaryl/α,β-unsaturated/α-hetero) is 1. The number of ketones is 1. The Kier molecular flexibility index (Phi) is 3.54. The predicted octanol–water partition coefficient (Wildman–Crippen LogP) is 3.37. The van der Waals surface area contributed by atoms with Crippen molar-refractivity contribution in [2.24, 2.45) is 11.8 Å². The molecule has 4 rings (SSSR count). The molecule has 2 atom stereocenters. The van der Waals surface area contributed by atoms with Crippen LogP contribution in [-0.4, -0.2) is 18.0 Å². The maximum atomic E-state index is 15.4. The molecule has 22 heavy (non-hydrogen) atoms. The summed E-state index contributed by atoms with van der Waals surface area (Å²) in [4.78, 5) is 15.0. The summed E-state index contributed by atoms with van der Waals surface area (Å²) in [7, 11) is 0. The molecule has 1 fully saturated rings. The highest BCUT2D eigenvalue weighted by Gasteiger charge is 2.49. The average Bonchev–Trinajstić information content (AvgIpc) is 3.29. The van der Waals surface area contributed by atoms with Gasteiger partial charge in [-0.1, -0.05) is 18.2 Å².